The Morgan fingerprint density at radius 2 is 1.80 bits per heavy atom. The molecule has 0 fully saturated rings. The third kappa shape index (κ3) is 4.68. The number of nitrogens with one attached hydrogen (secondary N) is 1. The normalized spacial score (nSPS) is 15.2. The van der Waals surface area contributed by atoms with Crippen molar-refractivity contribution in [3.05, 3.63) is 35.9 Å². The van der Waals surface area contributed by atoms with E-state index in [0.29, 0.717) is 0 Å². The summed E-state index contributed by atoms with van der Waals surface area (Å²) in [5.74, 6) is -0.860. The Hall–Kier alpha value is -1.84. The molecule has 0 saturated carbocycles. The minimum atomic E-state index is -0.921. The first-order valence-corrected chi connectivity index (χ1v) is 7.02. The standard InChI is InChI=1S/C16H23NO3/c1-4-11(2)12(3)16(20)17-14(10-15(18)19)13-8-6-5-7-9-13/h5-9,11-12,14H,4,10H2,1-3H3,(H,17,20)(H,18,19). The van der Waals surface area contributed by atoms with Crippen molar-refractivity contribution in [1.29, 1.82) is 0 Å². The van der Waals surface area contributed by atoms with Gasteiger partial charge >= 0.3 is 5.97 Å². The highest BCUT2D eigenvalue weighted by molar-refractivity contribution is 5.80. The molecule has 1 aromatic carbocycles. The lowest BCUT2D eigenvalue weighted by atomic mass is 9.92. The molecule has 1 amide bonds. The van der Waals surface area contributed by atoms with Crippen molar-refractivity contribution in [3.8, 4) is 0 Å². The predicted molar refractivity (Wildman–Crippen MR) is 78.2 cm³/mol. The number of aliphatic carboxylic acids is 1. The van der Waals surface area contributed by atoms with Gasteiger partial charge in [0.2, 0.25) is 5.91 Å². The molecule has 2 N–H and O–H groups in total. The Morgan fingerprint density at radius 1 is 1.20 bits per heavy atom. The lowest BCUT2D eigenvalue weighted by molar-refractivity contribution is -0.138. The number of amides is 1. The molecule has 0 heterocycles. The number of benzene rings is 1. The predicted octanol–water partition coefficient (Wildman–Crippen LogP) is 3.00. The molecule has 0 saturated heterocycles. The molecule has 20 heavy (non-hydrogen) atoms. The van der Waals surface area contributed by atoms with Crippen LogP contribution in [0.2, 0.25) is 0 Å². The van der Waals surface area contributed by atoms with Gasteiger partial charge in [-0.25, -0.2) is 0 Å². The molecular formula is C16H23NO3. The van der Waals surface area contributed by atoms with Crippen LogP contribution in [-0.2, 0) is 9.59 Å². The second kappa shape index (κ2) is 7.68. The van der Waals surface area contributed by atoms with Crippen LogP contribution in [-0.4, -0.2) is 17.0 Å². The fraction of sp³-hybridized carbons (Fsp3) is 0.500. The van der Waals surface area contributed by atoms with Gasteiger partial charge in [0, 0.05) is 5.92 Å². The lowest BCUT2D eigenvalue weighted by Gasteiger charge is -2.23. The maximum Gasteiger partial charge on any atom is 0.305 e. The zero-order valence-electron chi connectivity index (χ0n) is 12.3. The minimum absolute atomic E-state index is 0.0885. The fourth-order valence-corrected chi connectivity index (χ4v) is 2.03. The van der Waals surface area contributed by atoms with E-state index < -0.39 is 12.0 Å². The molecule has 1 aromatic rings. The van der Waals surface area contributed by atoms with E-state index in [1.807, 2.05) is 51.1 Å². The summed E-state index contributed by atoms with van der Waals surface area (Å²) in [6.07, 6.45) is 0.812. The first kappa shape index (κ1) is 16.2. The van der Waals surface area contributed by atoms with Gasteiger partial charge in [-0.15, -0.1) is 0 Å². The lowest BCUT2D eigenvalue weighted by Crippen LogP contribution is -2.36. The summed E-state index contributed by atoms with van der Waals surface area (Å²) < 4.78 is 0. The Labute approximate surface area is 120 Å². The Kier molecular flexibility index (Phi) is 6.22. The van der Waals surface area contributed by atoms with Crippen LogP contribution < -0.4 is 5.32 Å². The van der Waals surface area contributed by atoms with Crippen molar-refractivity contribution < 1.29 is 14.7 Å². The first-order valence-electron chi connectivity index (χ1n) is 7.02. The van der Waals surface area contributed by atoms with E-state index in [-0.39, 0.29) is 24.2 Å². The zero-order valence-corrected chi connectivity index (χ0v) is 12.3. The molecule has 4 heteroatoms. The number of carboxylic acid groups (broad SMARTS) is 1. The van der Waals surface area contributed by atoms with E-state index in [9.17, 15) is 9.59 Å². The van der Waals surface area contributed by atoms with Gasteiger partial charge in [-0.2, -0.15) is 0 Å². The van der Waals surface area contributed by atoms with E-state index >= 15 is 0 Å². The summed E-state index contributed by atoms with van der Waals surface area (Å²) in [5.41, 5.74) is 0.819. The van der Waals surface area contributed by atoms with Crippen LogP contribution >= 0.6 is 0 Å². The minimum Gasteiger partial charge on any atom is -0.481 e. The van der Waals surface area contributed by atoms with Crippen LogP contribution in [0.25, 0.3) is 0 Å². The van der Waals surface area contributed by atoms with Crippen molar-refractivity contribution in [2.75, 3.05) is 0 Å². The molecule has 110 valence electrons. The van der Waals surface area contributed by atoms with Crippen molar-refractivity contribution in [3.63, 3.8) is 0 Å². The summed E-state index contributed by atoms with van der Waals surface area (Å²) >= 11 is 0. The van der Waals surface area contributed by atoms with Gasteiger partial charge in [0.1, 0.15) is 0 Å². The molecule has 0 aliphatic carbocycles. The quantitative estimate of drug-likeness (QED) is 0.805. The molecule has 4 nitrogen and oxygen atoms in total. The second-order valence-corrected chi connectivity index (χ2v) is 5.24. The topological polar surface area (TPSA) is 66.4 Å². The van der Waals surface area contributed by atoms with Crippen LogP contribution in [0.4, 0.5) is 0 Å². The van der Waals surface area contributed by atoms with E-state index in [2.05, 4.69) is 5.32 Å². The number of carbonyl (C=O) groups is 2. The van der Waals surface area contributed by atoms with Crippen LogP contribution in [0.1, 0.15) is 45.2 Å². The van der Waals surface area contributed by atoms with E-state index in [0.717, 1.165) is 12.0 Å². The molecule has 1 rings (SSSR count). The number of carboxylic acids is 1. The van der Waals surface area contributed by atoms with Crippen molar-refractivity contribution in [2.45, 2.75) is 39.7 Å². The Balaban J connectivity index is 2.80. The van der Waals surface area contributed by atoms with Crippen LogP contribution in [0.3, 0.4) is 0 Å². The molecule has 0 aliphatic rings. The number of hydrogen-bond acceptors (Lipinski definition) is 2. The summed E-state index contributed by atoms with van der Waals surface area (Å²) in [6.45, 7) is 5.95. The van der Waals surface area contributed by atoms with Crippen molar-refractivity contribution in [1.82, 2.24) is 5.32 Å². The summed E-state index contributed by atoms with van der Waals surface area (Å²) in [7, 11) is 0. The highest BCUT2D eigenvalue weighted by atomic mass is 16.4. The van der Waals surface area contributed by atoms with Gasteiger partial charge in [-0.1, -0.05) is 57.5 Å². The maximum absolute atomic E-state index is 12.2. The van der Waals surface area contributed by atoms with Gasteiger partial charge < -0.3 is 10.4 Å². The van der Waals surface area contributed by atoms with Crippen LogP contribution in [0.15, 0.2) is 30.3 Å². The molecule has 3 atom stereocenters. The molecule has 0 bridgehead atoms. The molecule has 0 spiro atoms. The fourth-order valence-electron chi connectivity index (χ4n) is 2.03. The average molecular weight is 277 g/mol. The highest BCUT2D eigenvalue weighted by Gasteiger charge is 2.23. The monoisotopic (exact) mass is 277 g/mol. The molecule has 0 aromatic heterocycles. The van der Waals surface area contributed by atoms with Gasteiger partial charge in [-0.3, -0.25) is 9.59 Å². The summed E-state index contributed by atoms with van der Waals surface area (Å²) in [6, 6.07) is 8.74. The zero-order chi connectivity index (χ0) is 15.1. The number of hydrogen-bond donors (Lipinski definition) is 2. The Morgan fingerprint density at radius 3 is 2.30 bits per heavy atom. The average Bonchev–Trinajstić information content (AvgIpc) is 2.45. The van der Waals surface area contributed by atoms with Gasteiger partial charge in [0.25, 0.3) is 0 Å². The smallest absolute Gasteiger partial charge is 0.305 e. The van der Waals surface area contributed by atoms with Gasteiger partial charge in [0.15, 0.2) is 0 Å². The summed E-state index contributed by atoms with van der Waals surface area (Å²) in [5, 5.41) is 11.9. The van der Waals surface area contributed by atoms with E-state index in [1.54, 1.807) is 0 Å². The third-order valence-electron chi connectivity index (χ3n) is 3.81. The van der Waals surface area contributed by atoms with Crippen LogP contribution in [0.5, 0.6) is 0 Å². The summed E-state index contributed by atoms with van der Waals surface area (Å²) in [4.78, 5) is 23.2. The molecule has 0 aliphatic heterocycles. The van der Waals surface area contributed by atoms with Crippen molar-refractivity contribution >= 4 is 11.9 Å². The number of rotatable bonds is 7. The van der Waals surface area contributed by atoms with Crippen LogP contribution in [0, 0.1) is 11.8 Å². The number of carbonyl (C=O) groups excluding carboxylic acids is 1. The second-order valence-electron chi connectivity index (χ2n) is 5.24. The van der Waals surface area contributed by atoms with Gasteiger partial charge in [0.05, 0.1) is 12.5 Å². The molecule has 0 radical (unpaired) electrons. The maximum atomic E-state index is 12.2. The van der Waals surface area contributed by atoms with Crippen molar-refractivity contribution in [2.24, 2.45) is 11.8 Å². The molecule has 3 unspecified atom stereocenters. The molecular weight excluding hydrogens is 254 g/mol. The van der Waals surface area contributed by atoms with Gasteiger partial charge in [-0.05, 0) is 11.5 Å². The Bertz CT molecular complexity index is 444. The highest BCUT2D eigenvalue weighted by Crippen LogP contribution is 2.20. The third-order valence-corrected chi connectivity index (χ3v) is 3.81. The SMILES string of the molecule is CCC(C)C(C)C(=O)NC(CC(=O)O)c1ccccc1. The van der Waals surface area contributed by atoms with E-state index in [4.69, 9.17) is 5.11 Å². The first-order chi connectivity index (χ1) is 9.45. The van der Waals surface area contributed by atoms with E-state index in [1.165, 1.54) is 0 Å². The largest absolute Gasteiger partial charge is 0.481 e.